The Morgan fingerprint density at radius 2 is 1.72 bits per heavy atom. The molecule has 0 radical (unpaired) electrons. The lowest BCUT2D eigenvalue weighted by Crippen LogP contribution is -2.34. The summed E-state index contributed by atoms with van der Waals surface area (Å²) < 4.78 is 39.2. The lowest BCUT2D eigenvalue weighted by atomic mass is 9.77. The number of benzene rings is 2. The molecule has 2 heterocycles. The van der Waals surface area contributed by atoms with Crippen LogP contribution in [0, 0.1) is 0 Å². The summed E-state index contributed by atoms with van der Waals surface area (Å²) in [5, 5.41) is 2.70. The predicted octanol–water partition coefficient (Wildman–Crippen LogP) is 6.28. The quantitative estimate of drug-likeness (QED) is 0.624. The van der Waals surface area contributed by atoms with Crippen molar-refractivity contribution < 1.29 is 13.2 Å². The van der Waals surface area contributed by atoms with Gasteiger partial charge >= 0.3 is 6.18 Å². The van der Waals surface area contributed by atoms with Crippen molar-refractivity contribution >= 4 is 34.0 Å². The van der Waals surface area contributed by atoms with Crippen LogP contribution in [-0.2, 0) is 5.41 Å². The van der Waals surface area contributed by atoms with Gasteiger partial charge in [-0.25, -0.2) is 4.99 Å². The van der Waals surface area contributed by atoms with Crippen LogP contribution in [0.1, 0.15) is 25.8 Å². The van der Waals surface area contributed by atoms with Gasteiger partial charge in [0.2, 0.25) is 0 Å². The second kappa shape index (κ2) is 7.44. The highest BCUT2D eigenvalue weighted by Gasteiger charge is 2.36. The van der Waals surface area contributed by atoms with Gasteiger partial charge in [-0.2, -0.15) is 13.2 Å². The average Bonchev–Trinajstić information content (AvgIpc) is 2.69. The SMILES string of the molecule is CC1(C)CCN(c2ccccc2N=C2NC(C(F)(F)F)=CCS2)c2ccccc21. The fourth-order valence-corrected chi connectivity index (χ4v) is 4.48. The number of fused-ring (bicyclic) bond motifs is 1. The molecule has 0 saturated heterocycles. The van der Waals surface area contributed by atoms with Gasteiger partial charge in [-0.05, 0) is 41.7 Å². The monoisotopic (exact) mass is 417 g/mol. The van der Waals surface area contributed by atoms with Gasteiger partial charge in [0.25, 0.3) is 0 Å². The first-order valence-corrected chi connectivity index (χ1v) is 10.5. The fourth-order valence-electron chi connectivity index (χ4n) is 3.73. The third kappa shape index (κ3) is 4.01. The molecule has 7 heteroatoms. The van der Waals surface area contributed by atoms with Crippen LogP contribution < -0.4 is 10.2 Å². The molecule has 0 fully saturated rings. The third-order valence-electron chi connectivity index (χ3n) is 5.33. The van der Waals surface area contributed by atoms with Crippen LogP contribution in [0.5, 0.6) is 0 Å². The van der Waals surface area contributed by atoms with E-state index in [-0.39, 0.29) is 16.3 Å². The Bertz CT molecular complexity index is 979. The standard InChI is InChI=1S/C22H22F3N3S/c1-21(2)12-13-28(17-9-5-3-7-15(17)21)18-10-6-4-8-16(18)26-20-27-19(11-14-29-20)22(23,24)25/h3-11H,12-14H2,1-2H3,(H,26,27). The highest BCUT2D eigenvalue weighted by Crippen LogP contribution is 2.45. The Kier molecular flexibility index (Phi) is 5.11. The van der Waals surface area contributed by atoms with E-state index in [1.54, 1.807) is 0 Å². The van der Waals surface area contributed by atoms with E-state index < -0.39 is 11.9 Å². The number of anilines is 2. The maximum Gasteiger partial charge on any atom is 0.431 e. The number of halogens is 3. The molecular weight excluding hydrogens is 395 g/mol. The van der Waals surface area contributed by atoms with Crippen molar-refractivity contribution in [2.45, 2.75) is 31.9 Å². The lowest BCUT2D eigenvalue weighted by Gasteiger charge is -2.40. The van der Waals surface area contributed by atoms with Gasteiger partial charge < -0.3 is 10.2 Å². The third-order valence-corrected chi connectivity index (χ3v) is 6.13. The van der Waals surface area contributed by atoms with Crippen LogP contribution in [-0.4, -0.2) is 23.6 Å². The van der Waals surface area contributed by atoms with Crippen molar-refractivity contribution in [3.63, 3.8) is 0 Å². The van der Waals surface area contributed by atoms with Gasteiger partial charge in [0.15, 0.2) is 5.17 Å². The maximum atomic E-state index is 13.1. The van der Waals surface area contributed by atoms with E-state index >= 15 is 0 Å². The molecule has 4 rings (SSSR count). The Balaban J connectivity index is 1.71. The average molecular weight is 418 g/mol. The van der Waals surface area contributed by atoms with Crippen LogP contribution >= 0.6 is 11.8 Å². The molecule has 2 aromatic carbocycles. The van der Waals surface area contributed by atoms with E-state index in [0.29, 0.717) is 5.69 Å². The molecule has 0 aliphatic carbocycles. The van der Waals surface area contributed by atoms with E-state index in [4.69, 9.17) is 0 Å². The maximum absolute atomic E-state index is 13.1. The number of allylic oxidation sites excluding steroid dienone is 1. The van der Waals surface area contributed by atoms with E-state index in [1.807, 2.05) is 36.4 Å². The number of aliphatic imine (C=N–C) groups is 1. The largest absolute Gasteiger partial charge is 0.431 e. The molecule has 0 amide bonds. The van der Waals surface area contributed by atoms with Crippen LogP contribution in [0.25, 0.3) is 0 Å². The van der Waals surface area contributed by atoms with Gasteiger partial charge in [0.05, 0.1) is 11.4 Å². The lowest BCUT2D eigenvalue weighted by molar-refractivity contribution is -0.0949. The van der Waals surface area contributed by atoms with Gasteiger partial charge in [-0.3, -0.25) is 0 Å². The summed E-state index contributed by atoms with van der Waals surface area (Å²) in [6, 6.07) is 15.9. The van der Waals surface area contributed by atoms with Crippen molar-refractivity contribution in [3.8, 4) is 0 Å². The summed E-state index contributed by atoms with van der Waals surface area (Å²) in [7, 11) is 0. The van der Waals surface area contributed by atoms with Crippen molar-refractivity contribution in [2.75, 3.05) is 17.2 Å². The first kappa shape index (κ1) is 19.9. The topological polar surface area (TPSA) is 27.6 Å². The molecule has 0 saturated carbocycles. The normalized spacial score (nSPS) is 20.1. The molecule has 0 bridgehead atoms. The van der Waals surface area contributed by atoms with Crippen molar-refractivity contribution in [2.24, 2.45) is 4.99 Å². The predicted molar refractivity (Wildman–Crippen MR) is 114 cm³/mol. The molecule has 0 spiro atoms. The summed E-state index contributed by atoms with van der Waals surface area (Å²) >= 11 is 1.26. The number of nitrogens with one attached hydrogen (secondary N) is 1. The molecule has 0 atom stereocenters. The summed E-state index contributed by atoms with van der Waals surface area (Å²) in [6.07, 6.45) is -2.28. The number of nitrogens with zero attached hydrogens (tertiary/aromatic N) is 2. The van der Waals surface area contributed by atoms with E-state index in [9.17, 15) is 13.2 Å². The number of amidine groups is 1. The molecule has 152 valence electrons. The zero-order valence-electron chi connectivity index (χ0n) is 16.3. The van der Waals surface area contributed by atoms with Crippen LogP contribution in [0.3, 0.4) is 0 Å². The minimum absolute atomic E-state index is 0.0705. The van der Waals surface area contributed by atoms with Gasteiger partial charge in [-0.1, -0.05) is 55.9 Å². The van der Waals surface area contributed by atoms with E-state index in [0.717, 1.165) is 30.4 Å². The Labute approximate surface area is 172 Å². The summed E-state index contributed by atoms with van der Waals surface area (Å²) in [6.45, 7) is 5.30. The zero-order valence-corrected chi connectivity index (χ0v) is 17.1. The van der Waals surface area contributed by atoms with Crippen LogP contribution in [0.4, 0.5) is 30.2 Å². The van der Waals surface area contributed by atoms with Crippen molar-refractivity contribution in [1.29, 1.82) is 0 Å². The molecule has 3 nitrogen and oxygen atoms in total. The summed E-state index contributed by atoms with van der Waals surface area (Å²) in [5.41, 5.74) is 3.25. The molecule has 1 N–H and O–H groups in total. The number of hydrogen-bond acceptors (Lipinski definition) is 3. The first-order valence-electron chi connectivity index (χ1n) is 9.48. The summed E-state index contributed by atoms with van der Waals surface area (Å²) in [4.78, 5) is 6.77. The highest BCUT2D eigenvalue weighted by molar-refractivity contribution is 8.14. The molecule has 0 unspecified atom stereocenters. The van der Waals surface area contributed by atoms with Gasteiger partial charge in [0.1, 0.15) is 5.70 Å². The second-order valence-corrected chi connectivity index (χ2v) is 8.77. The minimum Gasteiger partial charge on any atom is -0.339 e. The second-order valence-electron chi connectivity index (χ2n) is 7.76. The van der Waals surface area contributed by atoms with E-state index in [1.165, 1.54) is 17.3 Å². The molecule has 29 heavy (non-hydrogen) atoms. The van der Waals surface area contributed by atoms with Crippen LogP contribution in [0.15, 0.2) is 65.3 Å². The number of rotatable bonds is 2. The minimum atomic E-state index is -4.40. The molecule has 2 aliphatic heterocycles. The molecule has 2 aliphatic rings. The molecule has 0 aromatic heterocycles. The number of thioether (sulfide) groups is 1. The molecular formula is C22H22F3N3S. The fraction of sp³-hybridized carbons (Fsp3) is 0.318. The number of para-hydroxylation sites is 3. The Hall–Kier alpha value is -2.41. The first-order chi connectivity index (χ1) is 13.8. The number of alkyl halides is 3. The number of hydrogen-bond donors (Lipinski definition) is 1. The van der Waals surface area contributed by atoms with Crippen molar-refractivity contribution in [3.05, 3.63) is 65.9 Å². The molecule has 2 aromatic rings. The van der Waals surface area contributed by atoms with Crippen LogP contribution in [0.2, 0.25) is 0 Å². The smallest absolute Gasteiger partial charge is 0.339 e. The Morgan fingerprint density at radius 3 is 2.48 bits per heavy atom. The summed E-state index contributed by atoms with van der Waals surface area (Å²) in [5.74, 6) is 0.240. The highest BCUT2D eigenvalue weighted by atomic mass is 32.2. The van der Waals surface area contributed by atoms with E-state index in [2.05, 4.69) is 41.2 Å². The Morgan fingerprint density at radius 1 is 1.03 bits per heavy atom. The zero-order chi connectivity index (χ0) is 20.6. The van der Waals surface area contributed by atoms with Gasteiger partial charge in [0, 0.05) is 18.0 Å². The van der Waals surface area contributed by atoms with Gasteiger partial charge in [-0.15, -0.1) is 0 Å². The van der Waals surface area contributed by atoms with Crippen molar-refractivity contribution in [1.82, 2.24) is 5.32 Å².